The van der Waals surface area contributed by atoms with E-state index in [1.807, 2.05) is 13.0 Å². The van der Waals surface area contributed by atoms with Crippen molar-refractivity contribution in [1.82, 2.24) is 5.32 Å². The number of benzene rings is 2. The van der Waals surface area contributed by atoms with Gasteiger partial charge >= 0.3 is 0 Å². The molecule has 21 heavy (non-hydrogen) atoms. The van der Waals surface area contributed by atoms with Crippen molar-refractivity contribution in [2.24, 2.45) is 0 Å². The molecular weight excluding hydrogens is 292 g/mol. The Morgan fingerprint density at radius 1 is 1.14 bits per heavy atom. The molecule has 0 bridgehead atoms. The van der Waals surface area contributed by atoms with Crippen LogP contribution in [0.25, 0.3) is 0 Å². The van der Waals surface area contributed by atoms with Crippen molar-refractivity contribution in [3.8, 4) is 0 Å². The Balaban J connectivity index is 2.27. The summed E-state index contributed by atoms with van der Waals surface area (Å²) in [6, 6.07) is 10.7. The normalized spacial score (nSPS) is 12.4. The lowest BCUT2D eigenvalue weighted by Gasteiger charge is -2.20. The van der Waals surface area contributed by atoms with E-state index in [0.717, 1.165) is 18.5 Å². The van der Waals surface area contributed by atoms with Crippen molar-refractivity contribution < 1.29 is 8.78 Å². The maximum atomic E-state index is 14.1. The Hall–Kier alpha value is -1.45. The molecule has 0 fully saturated rings. The number of hydrogen-bond donors (Lipinski definition) is 1. The van der Waals surface area contributed by atoms with Crippen LogP contribution in [-0.2, 0) is 6.42 Å². The summed E-state index contributed by atoms with van der Waals surface area (Å²) in [7, 11) is 0. The predicted octanol–water partition coefficient (Wildman–Crippen LogP) is 4.90. The first-order chi connectivity index (χ1) is 10.1. The molecule has 0 spiro atoms. The van der Waals surface area contributed by atoms with E-state index in [4.69, 9.17) is 11.6 Å². The molecule has 1 unspecified atom stereocenters. The van der Waals surface area contributed by atoms with E-state index in [-0.39, 0.29) is 17.7 Å². The zero-order valence-electron chi connectivity index (χ0n) is 11.9. The lowest BCUT2D eigenvalue weighted by atomic mass is 9.98. The monoisotopic (exact) mass is 309 g/mol. The van der Waals surface area contributed by atoms with Crippen molar-refractivity contribution in [2.45, 2.75) is 25.8 Å². The first-order valence-electron chi connectivity index (χ1n) is 7.03. The van der Waals surface area contributed by atoms with Crippen molar-refractivity contribution >= 4 is 11.6 Å². The highest BCUT2D eigenvalue weighted by molar-refractivity contribution is 6.30. The molecule has 2 aromatic rings. The van der Waals surface area contributed by atoms with Crippen LogP contribution in [0, 0.1) is 11.6 Å². The second kappa shape index (κ2) is 7.53. The largest absolute Gasteiger partial charge is 0.310 e. The first-order valence-corrected chi connectivity index (χ1v) is 7.40. The van der Waals surface area contributed by atoms with E-state index in [1.54, 1.807) is 12.1 Å². The summed E-state index contributed by atoms with van der Waals surface area (Å²) < 4.78 is 27.4. The fraction of sp³-hybridized carbons (Fsp3) is 0.294. The second-order valence-corrected chi connectivity index (χ2v) is 5.44. The molecule has 1 nitrogen and oxygen atoms in total. The van der Waals surface area contributed by atoms with Crippen molar-refractivity contribution in [3.63, 3.8) is 0 Å². The summed E-state index contributed by atoms with van der Waals surface area (Å²) in [4.78, 5) is 0. The molecule has 0 amide bonds. The minimum atomic E-state index is -0.301. The third-order valence-electron chi connectivity index (χ3n) is 3.30. The third kappa shape index (κ3) is 4.51. The minimum Gasteiger partial charge on any atom is -0.310 e. The topological polar surface area (TPSA) is 12.0 Å². The molecular formula is C17H18ClF2N. The van der Waals surface area contributed by atoms with Crippen molar-refractivity contribution in [3.05, 3.63) is 70.2 Å². The SMILES string of the molecule is CCCNC(Cc1cccc(F)c1)c1cc(Cl)ccc1F. The van der Waals surface area contributed by atoms with Gasteiger partial charge in [-0.25, -0.2) is 8.78 Å². The molecule has 0 aliphatic heterocycles. The maximum absolute atomic E-state index is 14.1. The zero-order chi connectivity index (χ0) is 15.2. The van der Waals surface area contributed by atoms with Gasteiger partial charge in [-0.3, -0.25) is 0 Å². The smallest absolute Gasteiger partial charge is 0.128 e. The van der Waals surface area contributed by atoms with E-state index < -0.39 is 0 Å². The molecule has 0 heterocycles. The molecule has 2 rings (SSSR count). The lowest BCUT2D eigenvalue weighted by Crippen LogP contribution is -2.25. The molecule has 0 radical (unpaired) electrons. The van der Waals surface area contributed by atoms with Crippen LogP contribution in [0.5, 0.6) is 0 Å². The molecule has 0 aromatic heterocycles. The quantitative estimate of drug-likeness (QED) is 0.800. The van der Waals surface area contributed by atoms with Crippen molar-refractivity contribution in [1.29, 1.82) is 0 Å². The van der Waals surface area contributed by atoms with Gasteiger partial charge in [0.1, 0.15) is 11.6 Å². The van der Waals surface area contributed by atoms with Crippen LogP contribution in [0.15, 0.2) is 42.5 Å². The molecule has 112 valence electrons. The van der Waals surface area contributed by atoms with E-state index in [9.17, 15) is 8.78 Å². The number of rotatable bonds is 6. The Labute approximate surface area is 128 Å². The van der Waals surface area contributed by atoms with Crippen LogP contribution in [0.4, 0.5) is 8.78 Å². The molecule has 0 saturated heterocycles. The second-order valence-electron chi connectivity index (χ2n) is 5.01. The fourth-order valence-corrected chi connectivity index (χ4v) is 2.47. The minimum absolute atomic E-state index is 0.231. The molecule has 4 heteroatoms. The van der Waals surface area contributed by atoms with Crippen LogP contribution < -0.4 is 5.32 Å². The van der Waals surface area contributed by atoms with Gasteiger partial charge in [0.25, 0.3) is 0 Å². The molecule has 2 aromatic carbocycles. The van der Waals surface area contributed by atoms with Gasteiger partial charge in [0.05, 0.1) is 0 Å². The molecule has 0 aliphatic rings. The highest BCUT2D eigenvalue weighted by Crippen LogP contribution is 2.25. The average molecular weight is 310 g/mol. The molecule has 0 saturated carbocycles. The van der Waals surface area contributed by atoms with Gasteiger partial charge < -0.3 is 5.32 Å². The van der Waals surface area contributed by atoms with Gasteiger partial charge in [0.2, 0.25) is 0 Å². The maximum Gasteiger partial charge on any atom is 0.128 e. The van der Waals surface area contributed by atoms with Gasteiger partial charge in [-0.15, -0.1) is 0 Å². The summed E-state index contributed by atoms with van der Waals surface area (Å²) in [5.41, 5.74) is 1.34. The van der Waals surface area contributed by atoms with Crippen LogP contribution in [0.2, 0.25) is 5.02 Å². The van der Waals surface area contributed by atoms with E-state index >= 15 is 0 Å². The van der Waals surface area contributed by atoms with Gasteiger partial charge in [-0.2, -0.15) is 0 Å². The highest BCUT2D eigenvalue weighted by atomic mass is 35.5. The Morgan fingerprint density at radius 2 is 1.95 bits per heavy atom. The summed E-state index contributed by atoms with van der Waals surface area (Å²) in [6.07, 6.45) is 1.44. The lowest BCUT2D eigenvalue weighted by molar-refractivity contribution is 0.496. The zero-order valence-corrected chi connectivity index (χ0v) is 12.6. The number of halogens is 3. The van der Waals surface area contributed by atoms with Gasteiger partial charge in [-0.05, 0) is 55.3 Å². The first kappa shape index (κ1) is 15.9. The van der Waals surface area contributed by atoms with Gasteiger partial charge in [0.15, 0.2) is 0 Å². The molecule has 1 N–H and O–H groups in total. The van der Waals surface area contributed by atoms with Crippen molar-refractivity contribution in [2.75, 3.05) is 6.54 Å². The molecule has 1 atom stereocenters. The summed E-state index contributed by atoms with van der Waals surface area (Å²) in [5.74, 6) is -0.585. The molecule has 0 aliphatic carbocycles. The van der Waals surface area contributed by atoms with Crippen LogP contribution in [0.1, 0.15) is 30.5 Å². The standard InChI is InChI=1S/C17H18ClF2N/c1-2-8-21-17(10-12-4-3-5-14(19)9-12)15-11-13(18)6-7-16(15)20/h3-7,9,11,17,21H,2,8,10H2,1H3. The Morgan fingerprint density at radius 3 is 2.67 bits per heavy atom. The predicted molar refractivity (Wildman–Crippen MR) is 82.5 cm³/mol. The summed E-state index contributed by atoms with van der Waals surface area (Å²) >= 11 is 5.97. The fourth-order valence-electron chi connectivity index (χ4n) is 2.29. The number of hydrogen-bond acceptors (Lipinski definition) is 1. The highest BCUT2D eigenvalue weighted by Gasteiger charge is 2.16. The Bertz CT molecular complexity index is 601. The summed E-state index contributed by atoms with van der Waals surface area (Å²) in [6.45, 7) is 2.80. The van der Waals surface area contributed by atoms with E-state index in [0.29, 0.717) is 17.0 Å². The number of nitrogens with one attached hydrogen (secondary N) is 1. The Kier molecular flexibility index (Phi) is 5.71. The van der Waals surface area contributed by atoms with E-state index in [1.165, 1.54) is 24.3 Å². The van der Waals surface area contributed by atoms with E-state index in [2.05, 4.69) is 5.32 Å². The average Bonchev–Trinajstić information content (AvgIpc) is 2.46. The van der Waals surface area contributed by atoms with Crippen LogP contribution in [-0.4, -0.2) is 6.54 Å². The summed E-state index contributed by atoms with van der Waals surface area (Å²) in [5, 5.41) is 3.80. The van der Waals surface area contributed by atoms with Crippen LogP contribution in [0.3, 0.4) is 0 Å². The van der Waals surface area contributed by atoms with Gasteiger partial charge in [0, 0.05) is 16.6 Å². The van der Waals surface area contributed by atoms with Gasteiger partial charge in [-0.1, -0.05) is 30.7 Å². The third-order valence-corrected chi connectivity index (χ3v) is 3.54. The van der Waals surface area contributed by atoms with Crippen LogP contribution >= 0.6 is 11.6 Å².